The quantitative estimate of drug-likeness (QED) is 0.335. The molecule has 2 amide bonds. The minimum atomic E-state index is -0.473. The van der Waals surface area contributed by atoms with E-state index in [1.165, 1.54) is 23.9 Å². The van der Waals surface area contributed by atoms with Crippen LogP contribution in [0.25, 0.3) is 0 Å². The van der Waals surface area contributed by atoms with Gasteiger partial charge in [0.1, 0.15) is 5.82 Å². The Balaban J connectivity index is 1.69. The number of hydrogen-bond donors (Lipinski definition) is 2. The van der Waals surface area contributed by atoms with Crippen LogP contribution >= 0.6 is 23.4 Å². The van der Waals surface area contributed by atoms with Gasteiger partial charge < -0.3 is 15.2 Å². The molecule has 0 spiro atoms. The van der Waals surface area contributed by atoms with Gasteiger partial charge in [0, 0.05) is 12.2 Å². The number of allylic oxidation sites excluding steroid dienone is 1. The van der Waals surface area contributed by atoms with Gasteiger partial charge in [0.05, 0.1) is 22.4 Å². The van der Waals surface area contributed by atoms with Crippen LogP contribution < -0.4 is 10.6 Å². The molecule has 172 valence electrons. The zero-order valence-corrected chi connectivity index (χ0v) is 19.7. The number of halogens is 2. The van der Waals surface area contributed by atoms with E-state index in [9.17, 15) is 14.0 Å². The molecule has 3 rings (SSSR count). The lowest BCUT2D eigenvalue weighted by atomic mass is 10.2. The second kappa shape index (κ2) is 11.1. The number of benzene rings is 2. The normalized spacial score (nSPS) is 11.6. The summed E-state index contributed by atoms with van der Waals surface area (Å²) in [4.78, 5) is 25.0. The lowest BCUT2D eigenvalue weighted by Crippen LogP contribution is -2.29. The van der Waals surface area contributed by atoms with Crippen LogP contribution in [-0.2, 0) is 11.3 Å². The summed E-state index contributed by atoms with van der Waals surface area (Å²) in [5, 5.41) is 14.8. The Morgan fingerprint density at radius 3 is 2.76 bits per heavy atom. The first-order chi connectivity index (χ1) is 15.8. The Morgan fingerprint density at radius 2 is 2.03 bits per heavy atom. The van der Waals surface area contributed by atoms with Crippen LogP contribution in [0.1, 0.15) is 34.7 Å². The van der Waals surface area contributed by atoms with Gasteiger partial charge in [-0.15, -0.1) is 16.8 Å². The van der Waals surface area contributed by atoms with Crippen molar-refractivity contribution in [2.24, 2.45) is 0 Å². The Bertz CT molecular complexity index is 1180. The number of nitrogens with zero attached hydrogens (tertiary/aromatic N) is 3. The predicted molar refractivity (Wildman–Crippen MR) is 128 cm³/mol. The minimum absolute atomic E-state index is 0.0472. The smallest absolute Gasteiger partial charge is 0.253 e. The van der Waals surface area contributed by atoms with Gasteiger partial charge in [-0.05, 0) is 43.7 Å². The average Bonchev–Trinajstić information content (AvgIpc) is 3.18. The third-order valence-corrected chi connectivity index (χ3v) is 6.01. The van der Waals surface area contributed by atoms with Gasteiger partial charge in [0.25, 0.3) is 5.91 Å². The number of hydrogen-bond acceptors (Lipinski definition) is 5. The van der Waals surface area contributed by atoms with Crippen molar-refractivity contribution in [1.82, 2.24) is 20.1 Å². The van der Waals surface area contributed by atoms with Crippen molar-refractivity contribution in [3.63, 3.8) is 0 Å². The van der Waals surface area contributed by atoms with Crippen molar-refractivity contribution in [2.45, 2.75) is 31.6 Å². The monoisotopic (exact) mass is 487 g/mol. The molecule has 0 unspecified atom stereocenters. The molecule has 0 aliphatic rings. The maximum absolute atomic E-state index is 13.5. The van der Waals surface area contributed by atoms with Crippen LogP contribution in [0.4, 0.5) is 10.1 Å². The molecule has 2 aromatic carbocycles. The molecule has 1 heterocycles. The maximum atomic E-state index is 13.5. The number of aryl methyl sites for hydroxylation is 1. The summed E-state index contributed by atoms with van der Waals surface area (Å²) in [5.74, 6) is -0.499. The molecular weight excluding hydrogens is 465 g/mol. The van der Waals surface area contributed by atoms with Crippen molar-refractivity contribution in [3.05, 3.63) is 82.9 Å². The molecule has 0 fully saturated rings. The Labute approximate surface area is 200 Å². The van der Waals surface area contributed by atoms with Crippen LogP contribution in [0.5, 0.6) is 0 Å². The number of nitrogens with one attached hydrogen (secondary N) is 2. The van der Waals surface area contributed by atoms with Crippen LogP contribution in [0.3, 0.4) is 0 Å². The second-order valence-corrected chi connectivity index (χ2v) is 8.56. The largest absolute Gasteiger partial charge is 0.342 e. The van der Waals surface area contributed by atoms with Crippen molar-refractivity contribution in [3.8, 4) is 0 Å². The first-order valence-electron chi connectivity index (χ1n) is 10.1. The van der Waals surface area contributed by atoms with Crippen LogP contribution in [0.15, 0.2) is 60.3 Å². The summed E-state index contributed by atoms with van der Waals surface area (Å²) in [6.45, 7) is 7.72. The highest BCUT2D eigenvalue weighted by molar-refractivity contribution is 7.99. The Hall–Kier alpha value is -3.17. The molecular formula is C23H23ClFN5O2S. The van der Waals surface area contributed by atoms with Crippen molar-refractivity contribution in [1.29, 1.82) is 0 Å². The van der Waals surface area contributed by atoms with Gasteiger partial charge in [-0.1, -0.05) is 47.6 Å². The fraction of sp³-hybridized carbons (Fsp3) is 0.217. The molecule has 33 heavy (non-hydrogen) atoms. The maximum Gasteiger partial charge on any atom is 0.253 e. The van der Waals surface area contributed by atoms with Gasteiger partial charge in [0.15, 0.2) is 11.0 Å². The number of rotatable bonds is 9. The predicted octanol–water partition coefficient (Wildman–Crippen LogP) is 4.79. The summed E-state index contributed by atoms with van der Waals surface area (Å²) in [5.41, 5.74) is 1.54. The van der Waals surface area contributed by atoms with Gasteiger partial charge in [-0.2, -0.15) is 0 Å². The van der Waals surface area contributed by atoms with E-state index in [1.54, 1.807) is 54.8 Å². The SMILES string of the molecule is C=CCn1c(SCC(=O)Nc2cc(F)ccc2C)nnc1[C@@H](C)NC(=O)c1ccccc1Cl. The zero-order chi connectivity index (χ0) is 24.0. The lowest BCUT2D eigenvalue weighted by Gasteiger charge is -2.15. The first kappa shape index (κ1) is 24.5. The summed E-state index contributed by atoms with van der Waals surface area (Å²) in [6, 6.07) is 10.5. The molecule has 1 atom stereocenters. The Morgan fingerprint density at radius 1 is 1.27 bits per heavy atom. The van der Waals surface area contributed by atoms with Gasteiger partial charge in [-0.25, -0.2) is 4.39 Å². The van der Waals surface area contributed by atoms with Crippen molar-refractivity contribution >= 4 is 40.9 Å². The van der Waals surface area contributed by atoms with Crippen molar-refractivity contribution < 1.29 is 14.0 Å². The summed E-state index contributed by atoms with van der Waals surface area (Å²) >= 11 is 7.29. The van der Waals surface area contributed by atoms with E-state index < -0.39 is 11.9 Å². The lowest BCUT2D eigenvalue weighted by molar-refractivity contribution is -0.113. The molecule has 2 N–H and O–H groups in total. The molecule has 7 nitrogen and oxygen atoms in total. The highest BCUT2D eigenvalue weighted by Gasteiger charge is 2.21. The number of carbonyl (C=O) groups is 2. The fourth-order valence-electron chi connectivity index (χ4n) is 3.06. The number of thioether (sulfide) groups is 1. The van der Waals surface area contributed by atoms with E-state index in [1.807, 2.05) is 0 Å². The number of carbonyl (C=O) groups excluding carboxylic acids is 2. The topological polar surface area (TPSA) is 88.9 Å². The van der Waals surface area contributed by atoms with E-state index in [0.717, 1.165) is 5.56 Å². The molecule has 0 saturated carbocycles. The van der Waals surface area contributed by atoms with E-state index >= 15 is 0 Å². The zero-order valence-electron chi connectivity index (χ0n) is 18.1. The van der Waals surface area contributed by atoms with Crippen LogP contribution in [0.2, 0.25) is 5.02 Å². The molecule has 0 bridgehead atoms. The average molecular weight is 488 g/mol. The molecule has 0 radical (unpaired) electrons. The van der Waals surface area contributed by atoms with E-state index in [4.69, 9.17) is 11.6 Å². The second-order valence-electron chi connectivity index (χ2n) is 7.21. The highest BCUT2D eigenvalue weighted by atomic mass is 35.5. The summed E-state index contributed by atoms with van der Waals surface area (Å²) < 4.78 is 15.2. The van der Waals surface area contributed by atoms with Gasteiger partial charge in [-0.3, -0.25) is 9.59 Å². The molecule has 10 heteroatoms. The van der Waals surface area contributed by atoms with Gasteiger partial charge >= 0.3 is 0 Å². The number of anilines is 1. The minimum Gasteiger partial charge on any atom is -0.342 e. The third kappa shape index (κ3) is 6.21. The third-order valence-electron chi connectivity index (χ3n) is 4.72. The number of amides is 2. The molecule has 0 saturated heterocycles. The van der Waals surface area contributed by atoms with E-state index in [-0.39, 0.29) is 17.6 Å². The molecule has 1 aromatic heterocycles. The van der Waals surface area contributed by atoms with Crippen LogP contribution in [-0.4, -0.2) is 32.3 Å². The van der Waals surface area contributed by atoms with Crippen LogP contribution in [0, 0.1) is 12.7 Å². The Kier molecular flexibility index (Phi) is 8.24. The fourth-order valence-corrected chi connectivity index (χ4v) is 4.03. The first-order valence-corrected chi connectivity index (χ1v) is 11.4. The standard InChI is InChI=1S/C23H23ClFN5O2S/c1-4-11-30-21(15(3)26-22(32)17-7-5-6-8-18(17)24)28-29-23(30)33-13-20(31)27-19-12-16(25)10-9-14(19)2/h4-10,12,15H,1,11,13H2,2-3H3,(H,26,32)(H,27,31)/t15-/m1/s1. The molecule has 0 aliphatic heterocycles. The molecule has 3 aromatic rings. The molecule has 0 aliphatic carbocycles. The van der Waals surface area contributed by atoms with Crippen molar-refractivity contribution in [2.75, 3.05) is 11.1 Å². The number of aromatic nitrogens is 3. The van der Waals surface area contributed by atoms with E-state index in [2.05, 4.69) is 27.4 Å². The summed E-state index contributed by atoms with van der Waals surface area (Å²) in [6.07, 6.45) is 1.68. The summed E-state index contributed by atoms with van der Waals surface area (Å²) in [7, 11) is 0. The van der Waals surface area contributed by atoms with Gasteiger partial charge in [0.2, 0.25) is 5.91 Å². The van der Waals surface area contributed by atoms with E-state index in [0.29, 0.717) is 33.8 Å². The highest BCUT2D eigenvalue weighted by Crippen LogP contribution is 2.23.